The number of rotatable bonds is 7. The summed E-state index contributed by atoms with van der Waals surface area (Å²) in [6, 6.07) is 6.49. The molecule has 0 aliphatic rings. The van der Waals surface area contributed by atoms with E-state index in [2.05, 4.69) is 0 Å². The molecule has 0 spiro atoms. The quantitative estimate of drug-likeness (QED) is 0.340. The second kappa shape index (κ2) is 7.21. The molecule has 1 aromatic carbocycles. The van der Waals surface area contributed by atoms with Gasteiger partial charge in [-0.15, -0.1) is 11.8 Å². The van der Waals surface area contributed by atoms with Crippen LogP contribution in [-0.4, -0.2) is 30.4 Å². The molecule has 5 nitrogen and oxygen atoms in total. The predicted octanol–water partition coefficient (Wildman–Crippen LogP) is 1.66. The van der Waals surface area contributed by atoms with Gasteiger partial charge in [0.1, 0.15) is 0 Å². The Morgan fingerprint density at radius 3 is 2.56 bits per heavy atom. The zero-order valence-electron chi connectivity index (χ0n) is 8.80. The molecule has 0 heterocycles. The summed E-state index contributed by atoms with van der Waals surface area (Å²) in [7, 11) is 0. The van der Waals surface area contributed by atoms with Gasteiger partial charge in [0.15, 0.2) is 0 Å². The van der Waals surface area contributed by atoms with Crippen LogP contribution in [0.5, 0.6) is 0 Å². The minimum atomic E-state index is -0.404. The minimum absolute atomic E-state index is 0.115. The molecule has 0 bridgehead atoms. The zero-order valence-corrected chi connectivity index (χ0v) is 9.61. The van der Waals surface area contributed by atoms with Gasteiger partial charge < -0.3 is 10.5 Å². The fraction of sp³-hybridized carbons (Fsp3) is 0.400. The van der Waals surface area contributed by atoms with Crippen molar-refractivity contribution in [3.63, 3.8) is 0 Å². The lowest BCUT2D eigenvalue weighted by Gasteiger charge is -2.02. The Labute approximate surface area is 98.1 Å². The standard InChI is InChI=1S/C10H14N2O3S/c11-5-6-15-7-8-16-10-3-1-9(2-4-10)12(13)14/h1-4H,5-8,11H2. The van der Waals surface area contributed by atoms with Crippen molar-refractivity contribution in [1.29, 1.82) is 0 Å². The fourth-order valence-electron chi connectivity index (χ4n) is 1.07. The largest absolute Gasteiger partial charge is 0.379 e. The second-order valence-corrected chi connectivity index (χ2v) is 4.17. The maximum Gasteiger partial charge on any atom is 0.269 e. The number of hydrogen-bond donors (Lipinski definition) is 1. The molecule has 0 unspecified atom stereocenters. The molecule has 0 aliphatic carbocycles. The first-order chi connectivity index (χ1) is 7.74. The van der Waals surface area contributed by atoms with Crippen LogP contribution in [0.15, 0.2) is 29.2 Å². The van der Waals surface area contributed by atoms with E-state index in [0.717, 1.165) is 10.6 Å². The van der Waals surface area contributed by atoms with Crippen LogP contribution in [0, 0.1) is 10.1 Å². The predicted molar refractivity (Wildman–Crippen MR) is 63.7 cm³/mol. The molecule has 0 saturated carbocycles. The first-order valence-electron chi connectivity index (χ1n) is 4.89. The van der Waals surface area contributed by atoms with Crippen molar-refractivity contribution in [2.24, 2.45) is 5.73 Å². The molecule has 0 radical (unpaired) electrons. The minimum Gasteiger partial charge on any atom is -0.379 e. The van der Waals surface area contributed by atoms with Gasteiger partial charge in [-0.2, -0.15) is 0 Å². The molecule has 1 rings (SSSR count). The van der Waals surface area contributed by atoms with Gasteiger partial charge in [0.2, 0.25) is 0 Å². The smallest absolute Gasteiger partial charge is 0.269 e. The fourth-order valence-corrected chi connectivity index (χ4v) is 1.83. The third-order valence-corrected chi connectivity index (χ3v) is 2.78. The molecule has 0 atom stereocenters. The number of ether oxygens (including phenoxy) is 1. The van der Waals surface area contributed by atoms with E-state index >= 15 is 0 Å². The molecule has 6 heteroatoms. The summed E-state index contributed by atoms with van der Waals surface area (Å²) >= 11 is 1.60. The first kappa shape index (κ1) is 13.0. The topological polar surface area (TPSA) is 78.4 Å². The zero-order chi connectivity index (χ0) is 11.8. The average molecular weight is 242 g/mol. The van der Waals surface area contributed by atoms with E-state index < -0.39 is 4.92 Å². The molecular formula is C10H14N2O3S. The third-order valence-electron chi connectivity index (χ3n) is 1.81. The van der Waals surface area contributed by atoms with E-state index in [9.17, 15) is 10.1 Å². The van der Waals surface area contributed by atoms with Crippen molar-refractivity contribution in [2.45, 2.75) is 4.90 Å². The molecule has 2 N–H and O–H groups in total. The lowest BCUT2D eigenvalue weighted by molar-refractivity contribution is -0.384. The Hall–Kier alpha value is -1.11. The summed E-state index contributed by atoms with van der Waals surface area (Å²) in [6.07, 6.45) is 0. The van der Waals surface area contributed by atoms with Crippen LogP contribution < -0.4 is 5.73 Å². The van der Waals surface area contributed by atoms with E-state index in [0.29, 0.717) is 19.8 Å². The van der Waals surface area contributed by atoms with Crippen LogP contribution in [0.3, 0.4) is 0 Å². The molecule has 1 aromatic rings. The Kier molecular flexibility index (Phi) is 5.84. The van der Waals surface area contributed by atoms with Crippen molar-refractivity contribution < 1.29 is 9.66 Å². The van der Waals surface area contributed by atoms with Gasteiger partial charge in [0.25, 0.3) is 5.69 Å². The van der Waals surface area contributed by atoms with Crippen LogP contribution in [0.1, 0.15) is 0 Å². The van der Waals surface area contributed by atoms with Crippen LogP contribution in [0.4, 0.5) is 5.69 Å². The Balaban J connectivity index is 2.29. The summed E-state index contributed by atoms with van der Waals surface area (Å²) in [5.41, 5.74) is 5.39. The van der Waals surface area contributed by atoms with Crippen LogP contribution >= 0.6 is 11.8 Å². The lowest BCUT2D eigenvalue weighted by atomic mass is 10.3. The second-order valence-electron chi connectivity index (χ2n) is 3.00. The van der Waals surface area contributed by atoms with E-state index in [-0.39, 0.29) is 5.69 Å². The van der Waals surface area contributed by atoms with Gasteiger partial charge >= 0.3 is 0 Å². The van der Waals surface area contributed by atoms with E-state index in [4.69, 9.17) is 10.5 Å². The van der Waals surface area contributed by atoms with Gasteiger partial charge in [-0.05, 0) is 12.1 Å². The van der Waals surface area contributed by atoms with Crippen molar-refractivity contribution in [1.82, 2.24) is 0 Å². The highest BCUT2D eigenvalue weighted by Gasteiger charge is 2.03. The summed E-state index contributed by atoms with van der Waals surface area (Å²) in [4.78, 5) is 11.0. The third kappa shape index (κ3) is 4.61. The summed E-state index contributed by atoms with van der Waals surface area (Å²) in [5, 5.41) is 10.4. The molecule has 88 valence electrons. The number of nitrogens with two attached hydrogens (primary N) is 1. The van der Waals surface area contributed by atoms with Crippen LogP contribution in [0.2, 0.25) is 0 Å². The van der Waals surface area contributed by atoms with Crippen molar-refractivity contribution >= 4 is 17.4 Å². The number of nitro groups is 1. The Bertz CT molecular complexity index is 329. The van der Waals surface area contributed by atoms with Gasteiger partial charge in [-0.25, -0.2) is 0 Å². The van der Waals surface area contributed by atoms with Crippen LogP contribution in [-0.2, 0) is 4.74 Å². The van der Waals surface area contributed by atoms with Crippen molar-refractivity contribution in [3.05, 3.63) is 34.4 Å². The molecule has 16 heavy (non-hydrogen) atoms. The highest BCUT2D eigenvalue weighted by Crippen LogP contribution is 2.20. The number of thioether (sulfide) groups is 1. The molecule has 0 fully saturated rings. The SMILES string of the molecule is NCCOCCSc1ccc([N+](=O)[O-])cc1. The van der Waals surface area contributed by atoms with Crippen molar-refractivity contribution in [2.75, 3.05) is 25.5 Å². The highest BCUT2D eigenvalue weighted by atomic mass is 32.2. The van der Waals surface area contributed by atoms with E-state index in [1.807, 2.05) is 0 Å². The summed E-state index contributed by atoms with van der Waals surface area (Å²) in [5.74, 6) is 0.817. The number of benzene rings is 1. The normalized spacial score (nSPS) is 10.3. The molecule has 0 aromatic heterocycles. The number of nitrogens with zero attached hydrogens (tertiary/aromatic N) is 1. The monoisotopic (exact) mass is 242 g/mol. The van der Waals surface area contributed by atoms with Gasteiger partial charge in [-0.3, -0.25) is 10.1 Å². The molecular weight excluding hydrogens is 228 g/mol. The highest BCUT2D eigenvalue weighted by molar-refractivity contribution is 7.99. The Morgan fingerprint density at radius 1 is 1.31 bits per heavy atom. The average Bonchev–Trinajstić information content (AvgIpc) is 2.29. The van der Waals surface area contributed by atoms with Crippen molar-refractivity contribution in [3.8, 4) is 0 Å². The summed E-state index contributed by atoms with van der Waals surface area (Å²) < 4.78 is 5.21. The van der Waals surface area contributed by atoms with Crippen LogP contribution in [0.25, 0.3) is 0 Å². The number of nitro benzene ring substituents is 1. The van der Waals surface area contributed by atoms with E-state index in [1.54, 1.807) is 23.9 Å². The maximum absolute atomic E-state index is 10.4. The van der Waals surface area contributed by atoms with E-state index in [1.165, 1.54) is 12.1 Å². The number of hydrogen-bond acceptors (Lipinski definition) is 5. The maximum atomic E-state index is 10.4. The van der Waals surface area contributed by atoms with Gasteiger partial charge in [0.05, 0.1) is 18.1 Å². The van der Waals surface area contributed by atoms with Gasteiger partial charge in [0, 0.05) is 29.3 Å². The summed E-state index contributed by atoms with van der Waals surface area (Å²) in [6.45, 7) is 1.74. The lowest BCUT2D eigenvalue weighted by Crippen LogP contribution is -2.09. The number of non-ortho nitro benzene ring substituents is 1. The Morgan fingerprint density at radius 2 is 2.00 bits per heavy atom. The molecule has 0 amide bonds. The first-order valence-corrected chi connectivity index (χ1v) is 5.87. The molecule has 0 saturated heterocycles. The molecule has 0 aliphatic heterocycles. The van der Waals surface area contributed by atoms with Gasteiger partial charge in [-0.1, -0.05) is 0 Å².